The molecule has 0 bridgehead atoms. The lowest BCUT2D eigenvalue weighted by atomic mass is 9.87. The van der Waals surface area contributed by atoms with Gasteiger partial charge in [0.2, 0.25) is 0 Å². The number of urea groups is 1. The predicted molar refractivity (Wildman–Crippen MR) is 94.3 cm³/mol. The molecule has 3 fully saturated rings. The van der Waals surface area contributed by atoms with Crippen LogP contribution in [0.25, 0.3) is 11.0 Å². The fourth-order valence-corrected chi connectivity index (χ4v) is 4.31. The van der Waals surface area contributed by atoms with Gasteiger partial charge in [-0.25, -0.2) is 4.79 Å². The molecule has 5 heteroatoms. The van der Waals surface area contributed by atoms with Crippen molar-refractivity contribution >= 4 is 17.0 Å². The third-order valence-corrected chi connectivity index (χ3v) is 6.03. The molecule has 25 heavy (non-hydrogen) atoms. The highest BCUT2D eigenvalue weighted by Gasteiger charge is 2.44. The molecule has 2 aromatic rings. The maximum absolute atomic E-state index is 12.8. The third-order valence-electron chi connectivity index (χ3n) is 6.03. The third kappa shape index (κ3) is 2.80. The lowest BCUT2D eigenvalue weighted by Crippen LogP contribution is -2.42. The number of amides is 2. The molecule has 2 atom stereocenters. The summed E-state index contributed by atoms with van der Waals surface area (Å²) < 4.78 is 11.6. The van der Waals surface area contributed by atoms with Crippen molar-refractivity contribution < 1.29 is 13.9 Å². The zero-order chi connectivity index (χ0) is 16.9. The smallest absolute Gasteiger partial charge is 0.318 e. The number of nitrogens with zero attached hydrogens (tertiary/aromatic N) is 1. The van der Waals surface area contributed by atoms with Crippen LogP contribution in [0.15, 0.2) is 34.7 Å². The van der Waals surface area contributed by atoms with Gasteiger partial charge in [-0.2, -0.15) is 0 Å². The van der Waals surface area contributed by atoms with Crippen molar-refractivity contribution in [1.29, 1.82) is 0 Å². The number of likely N-dealkylation sites (tertiary alicyclic amines) is 1. The molecular weight excluding hydrogens is 316 g/mol. The highest BCUT2D eigenvalue weighted by Crippen LogP contribution is 2.43. The molecule has 1 N–H and O–H groups in total. The SMILES string of the molecule is O=C(N[C@@H](c1cc2ccccc2o1)C1CC1)N1CC[C@]2(CCOC2)C1. The number of hydrogen-bond acceptors (Lipinski definition) is 3. The summed E-state index contributed by atoms with van der Waals surface area (Å²) >= 11 is 0. The molecule has 3 aliphatic rings. The van der Waals surface area contributed by atoms with Gasteiger partial charge in [-0.05, 0) is 43.7 Å². The molecule has 2 amide bonds. The molecule has 0 radical (unpaired) electrons. The molecular formula is C20H24N2O3. The topological polar surface area (TPSA) is 54.7 Å². The Morgan fingerprint density at radius 1 is 1.28 bits per heavy atom. The van der Waals surface area contributed by atoms with Crippen LogP contribution in [0.2, 0.25) is 0 Å². The molecule has 2 aliphatic heterocycles. The minimum Gasteiger partial charge on any atom is -0.459 e. The Balaban J connectivity index is 1.33. The lowest BCUT2D eigenvalue weighted by molar-refractivity contribution is 0.151. The largest absolute Gasteiger partial charge is 0.459 e. The van der Waals surface area contributed by atoms with Crippen LogP contribution in [0, 0.1) is 11.3 Å². The van der Waals surface area contributed by atoms with Crippen LogP contribution in [0.5, 0.6) is 0 Å². The van der Waals surface area contributed by atoms with Crippen molar-refractivity contribution in [3.63, 3.8) is 0 Å². The van der Waals surface area contributed by atoms with Gasteiger partial charge in [-0.1, -0.05) is 18.2 Å². The first-order valence-corrected chi connectivity index (χ1v) is 9.34. The normalized spacial score (nSPS) is 27.3. The maximum Gasteiger partial charge on any atom is 0.318 e. The van der Waals surface area contributed by atoms with Gasteiger partial charge >= 0.3 is 6.03 Å². The average Bonchev–Trinajstić information content (AvgIpc) is 3.06. The molecule has 1 spiro atoms. The minimum atomic E-state index is -0.0173. The van der Waals surface area contributed by atoms with E-state index < -0.39 is 0 Å². The van der Waals surface area contributed by atoms with Crippen LogP contribution in [-0.2, 0) is 4.74 Å². The number of nitrogens with one attached hydrogen (secondary N) is 1. The summed E-state index contributed by atoms with van der Waals surface area (Å²) in [5.74, 6) is 1.38. The number of para-hydroxylation sites is 1. The van der Waals surface area contributed by atoms with Gasteiger partial charge in [0, 0.05) is 30.5 Å². The Kier molecular flexibility index (Phi) is 3.52. The lowest BCUT2D eigenvalue weighted by Gasteiger charge is -2.24. The molecule has 1 aromatic heterocycles. The first-order chi connectivity index (χ1) is 12.2. The number of ether oxygens (including phenoxy) is 1. The number of benzene rings is 1. The maximum atomic E-state index is 12.8. The van der Waals surface area contributed by atoms with E-state index in [9.17, 15) is 4.79 Å². The molecule has 3 heterocycles. The van der Waals surface area contributed by atoms with Gasteiger partial charge in [0.15, 0.2) is 0 Å². The molecule has 2 saturated heterocycles. The highest BCUT2D eigenvalue weighted by atomic mass is 16.5. The van der Waals surface area contributed by atoms with E-state index in [4.69, 9.17) is 9.15 Å². The van der Waals surface area contributed by atoms with Crippen molar-refractivity contribution in [1.82, 2.24) is 10.2 Å². The van der Waals surface area contributed by atoms with E-state index in [1.165, 1.54) is 0 Å². The number of fused-ring (bicyclic) bond motifs is 1. The van der Waals surface area contributed by atoms with Gasteiger partial charge < -0.3 is 19.4 Å². The number of carbonyl (C=O) groups excluding carboxylic acids is 1. The van der Waals surface area contributed by atoms with E-state index in [-0.39, 0.29) is 17.5 Å². The second-order valence-corrected chi connectivity index (χ2v) is 7.93. The first-order valence-electron chi connectivity index (χ1n) is 9.34. The van der Waals surface area contributed by atoms with Crippen molar-refractivity contribution in [3.05, 3.63) is 36.1 Å². The summed E-state index contributed by atoms with van der Waals surface area (Å²) in [5, 5.41) is 4.35. The van der Waals surface area contributed by atoms with Crippen molar-refractivity contribution in [2.75, 3.05) is 26.3 Å². The quantitative estimate of drug-likeness (QED) is 0.927. The van der Waals surface area contributed by atoms with E-state index in [2.05, 4.69) is 17.4 Å². The van der Waals surface area contributed by atoms with Crippen molar-refractivity contribution in [2.24, 2.45) is 11.3 Å². The Morgan fingerprint density at radius 2 is 2.16 bits per heavy atom. The predicted octanol–water partition coefficient (Wildman–Crippen LogP) is 3.71. The van der Waals surface area contributed by atoms with E-state index in [0.29, 0.717) is 5.92 Å². The van der Waals surface area contributed by atoms with Gasteiger partial charge in [0.1, 0.15) is 11.3 Å². The Morgan fingerprint density at radius 3 is 2.92 bits per heavy atom. The van der Waals surface area contributed by atoms with E-state index >= 15 is 0 Å². The van der Waals surface area contributed by atoms with Crippen LogP contribution >= 0.6 is 0 Å². The van der Waals surface area contributed by atoms with E-state index in [0.717, 1.165) is 68.7 Å². The summed E-state index contributed by atoms with van der Waals surface area (Å²) in [6.07, 6.45) is 4.44. The van der Waals surface area contributed by atoms with Gasteiger partial charge in [-0.15, -0.1) is 0 Å². The monoisotopic (exact) mass is 340 g/mol. The molecule has 5 nitrogen and oxygen atoms in total. The molecule has 1 aromatic carbocycles. The summed E-state index contributed by atoms with van der Waals surface area (Å²) in [6.45, 7) is 3.27. The van der Waals surface area contributed by atoms with E-state index in [1.54, 1.807) is 0 Å². The summed E-state index contributed by atoms with van der Waals surface area (Å²) in [4.78, 5) is 14.8. The zero-order valence-corrected chi connectivity index (χ0v) is 14.4. The van der Waals surface area contributed by atoms with Gasteiger partial charge in [0.25, 0.3) is 0 Å². The fraction of sp³-hybridized carbons (Fsp3) is 0.550. The van der Waals surface area contributed by atoms with Gasteiger partial charge in [0.05, 0.1) is 12.6 Å². The van der Waals surface area contributed by atoms with Crippen LogP contribution in [0.1, 0.15) is 37.5 Å². The van der Waals surface area contributed by atoms with Crippen LogP contribution in [0.3, 0.4) is 0 Å². The fourth-order valence-electron chi connectivity index (χ4n) is 4.31. The Hall–Kier alpha value is -2.01. The molecule has 1 aliphatic carbocycles. The number of rotatable bonds is 3. The van der Waals surface area contributed by atoms with Crippen LogP contribution < -0.4 is 5.32 Å². The second kappa shape index (κ2) is 5.77. The Labute approximate surface area is 147 Å². The average molecular weight is 340 g/mol. The molecule has 0 unspecified atom stereocenters. The van der Waals surface area contributed by atoms with E-state index in [1.807, 2.05) is 23.1 Å². The van der Waals surface area contributed by atoms with Crippen molar-refractivity contribution in [3.8, 4) is 0 Å². The van der Waals surface area contributed by atoms with Crippen molar-refractivity contribution in [2.45, 2.75) is 31.7 Å². The number of hydrogen-bond donors (Lipinski definition) is 1. The molecule has 132 valence electrons. The summed E-state index contributed by atoms with van der Waals surface area (Å²) in [7, 11) is 0. The molecule has 5 rings (SSSR count). The standard InChI is InChI=1S/C20H24N2O3/c23-19(22-9-7-20(12-22)8-10-24-13-20)21-18(14-5-6-14)17-11-15-3-1-2-4-16(15)25-17/h1-4,11,14,18H,5-10,12-13H2,(H,21,23)/t18-,20+/m1/s1. The number of carbonyl (C=O) groups is 1. The summed E-state index contributed by atoms with van der Waals surface area (Å²) in [6, 6.07) is 10.1. The zero-order valence-electron chi connectivity index (χ0n) is 14.4. The van der Waals surface area contributed by atoms with Crippen LogP contribution in [-0.4, -0.2) is 37.2 Å². The Bertz CT molecular complexity index is 756. The summed E-state index contributed by atoms with van der Waals surface area (Å²) in [5.41, 5.74) is 1.09. The highest BCUT2D eigenvalue weighted by molar-refractivity contribution is 5.79. The molecule has 1 saturated carbocycles. The number of furan rings is 1. The second-order valence-electron chi connectivity index (χ2n) is 7.93. The van der Waals surface area contributed by atoms with Crippen LogP contribution in [0.4, 0.5) is 4.79 Å². The van der Waals surface area contributed by atoms with Gasteiger partial charge in [-0.3, -0.25) is 0 Å². The minimum absolute atomic E-state index is 0.0173. The first kappa shape index (κ1) is 15.3.